The van der Waals surface area contributed by atoms with Crippen molar-refractivity contribution < 1.29 is 9.84 Å². The van der Waals surface area contributed by atoms with Gasteiger partial charge in [0.15, 0.2) is 0 Å². The highest BCUT2D eigenvalue weighted by atomic mass is 35.5. The lowest BCUT2D eigenvalue weighted by atomic mass is 10.0. The average molecular weight is 348 g/mol. The SMILES string of the molecule is CCC(NCC(O)COCc1ccc(Cl)cc1)c1ccc(C)cc1. The molecule has 0 saturated carbocycles. The van der Waals surface area contributed by atoms with Crippen LogP contribution in [0.2, 0.25) is 5.02 Å². The molecular formula is C20H26ClNO2. The maximum absolute atomic E-state index is 10.1. The van der Waals surface area contributed by atoms with Crippen LogP contribution in [0.4, 0.5) is 0 Å². The van der Waals surface area contributed by atoms with Gasteiger partial charge in [0.25, 0.3) is 0 Å². The predicted octanol–water partition coefficient (Wildman–Crippen LogP) is 4.27. The topological polar surface area (TPSA) is 41.5 Å². The molecule has 0 spiro atoms. The molecule has 130 valence electrons. The molecule has 3 nitrogen and oxygen atoms in total. The second kappa shape index (κ2) is 9.80. The molecule has 0 aliphatic heterocycles. The summed E-state index contributed by atoms with van der Waals surface area (Å²) in [7, 11) is 0. The van der Waals surface area contributed by atoms with Gasteiger partial charge in [-0.25, -0.2) is 0 Å². The van der Waals surface area contributed by atoms with Gasteiger partial charge in [0.1, 0.15) is 0 Å². The normalized spacial score (nSPS) is 13.7. The van der Waals surface area contributed by atoms with E-state index >= 15 is 0 Å². The molecule has 0 radical (unpaired) electrons. The van der Waals surface area contributed by atoms with Crippen LogP contribution in [-0.4, -0.2) is 24.4 Å². The van der Waals surface area contributed by atoms with Crippen LogP contribution < -0.4 is 5.32 Å². The molecule has 24 heavy (non-hydrogen) atoms. The lowest BCUT2D eigenvalue weighted by Gasteiger charge is -2.20. The second-order valence-electron chi connectivity index (χ2n) is 6.08. The van der Waals surface area contributed by atoms with Gasteiger partial charge in [-0.1, -0.05) is 60.5 Å². The number of rotatable bonds is 9. The van der Waals surface area contributed by atoms with E-state index in [1.807, 2.05) is 24.3 Å². The highest BCUT2D eigenvalue weighted by molar-refractivity contribution is 6.30. The molecule has 2 atom stereocenters. The summed E-state index contributed by atoms with van der Waals surface area (Å²) in [5, 5.41) is 14.2. The summed E-state index contributed by atoms with van der Waals surface area (Å²) >= 11 is 5.85. The van der Waals surface area contributed by atoms with Gasteiger partial charge in [0.05, 0.1) is 19.3 Å². The standard InChI is InChI=1S/C20H26ClNO2/c1-3-20(17-8-4-15(2)5-9-17)22-12-19(23)14-24-13-16-6-10-18(21)11-7-16/h4-11,19-20,22-23H,3,12-14H2,1-2H3. The van der Waals surface area contributed by atoms with E-state index in [2.05, 4.69) is 43.4 Å². The zero-order valence-electron chi connectivity index (χ0n) is 14.3. The van der Waals surface area contributed by atoms with Gasteiger partial charge in [-0.3, -0.25) is 0 Å². The Balaban J connectivity index is 1.72. The Kier molecular flexibility index (Phi) is 7.73. The largest absolute Gasteiger partial charge is 0.389 e. The van der Waals surface area contributed by atoms with E-state index in [1.54, 1.807) is 0 Å². The van der Waals surface area contributed by atoms with Crippen molar-refractivity contribution in [2.24, 2.45) is 0 Å². The van der Waals surface area contributed by atoms with Crippen LogP contribution >= 0.6 is 11.6 Å². The molecule has 0 amide bonds. The molecule has 0 heterocycles. The maximum atomic E-state index is 10.1. The van der Waals surface area contributed by atoms with Crippen LogP contribution in [0.5, 0.6) is 0 Å². The van der Waals surface area contributed by atoms with Crippen molar-refractivity contribution in [2.45, 2.75) is 39.0 Å². The van der Waals surface area contributed by atoms with Crippen LogP contribution in [0.1, 0.15) is 36.1 Å². The minimum Gasteiger partial charge on any atom is -0.389 e. The first-order chi connectivity index (χ1) is 11.6. The van der Waals surface area contributed by atoms with Gasteiger partial charge in [0, 0.05) is 17.6 Å². The fourth-order valence-corrected chi connectivity index (χ4v) is 2.65. The smallest absolute Gasteiger partial charge is 0.0898 e. The molecule has 0 fully saturated rings. The number of hydrogen-bond acceptors (Lipinski definition) is 3. The van der Waals surface area contributed by atoms with E-state index in [0.717, 1.165) is 12.0 Å². The molecule has 2 aromatic carbocycles. The number of aliphatic hydroxyl groups excluding tert-OH is 1. The molecule has 2 rings (SSSR count). The van der Waals surface area contributed by atoms with Gasteiger partial charge >= 0.3 is 0 Å². The Morgan fingerprint density at radius 3 is 2.38 bits per heavy atom. The second-order valence-corrected chi connectivity index (χ2v) is 6.51. The lowest BCUT2D eigenvalue weighted by Crippen LogP contribution is -2.33. The van der Waals surface area contributed by atoms with E-state index in [9.17, 15) is 5.11 Å². The summed E-state index contributed by atoms with van der Waals surface area (Å²) in [5.74, 6) is 0. The Bertz CT molecular complexity index is 598. The van der Waals surface area contributed by atoms with Gasteiger partial charge in [-0.15, -0.1) is 0 Å². The molecule has 4 heteroatoms. The molecule has 0 aliphatic rings. The zero-order valence-corrected chi connectivity index (χ0v) is 15.1. The van der Waals surface area contributed by atoms with Gasteiger partial charge < -0.3 is 15.2 Å². The molecular weight excluding hydrogens is 322 g/mol. The molecule has 0 aromatic heterocycles. The number of benzene rings is 2. The van der Waals surface area contributed by atoms with Crippen molar-refractivity contribution in [2.75, 3.05) is 13.2 Å². The van der Waals surface area contributed by atoms with Crippen molar-refractivity contribution in [3.05, 3.63) is 70.2 Å². The summed E-state index contributed by atoms with van der Waals surface area (Å²) in [4.78, 5) is 0. The van der Waals surface area contributed by atoms with Crippen LogP contribution in [-0.2, 0) is 11.3 Å². The number of aliphatic hydroxyl groups is 1. The number of ether oxygens (including phenoxy) is 1. The predicted molar refractivity (Wildman–Crippen MR) is 99.3 cm³/mol. The summed E-state index contributed by atoms with van der Waals surface area (Å²) in [6.45, 7) is 5.51. The Morgan fingerprint density at radius 1 is 1.08 bits per heavy atom. The first-order valence-corrected chi connectivity index (χ1v) is 8.76. The Morgan fingerprint density at radius 2 is 1.75 bits per heavy atom. The molecule has 0 saturated heterocycles. The van der Waals surface area contributed by atoms with E-state index in [-0.39, 0.29) is 6.04 Å². The molecule has 2 unspecified atom stereocenters. The number of hydrogen-bond donors (Lipinski definition) is 2. The summed E-state index contributed by atoms with van der Waals surface area (Å²) in [6, 6.07) is 16.3. The van der Waals surface area contributed by atoms with Crippen molar-refractivity contribution in [1.29, 1.82) is 0 Å². The monoisotopic (exact) mass is 347 g/mol. The number of aryl methyl sites for hydroxylation is 1. The number of nitrogens with one attached hydrogen (secondary N) is 1. The molecule has 0 aliphatic carbocycles. The summed E-state index contributed by atoms with van der Waals surface area (Å²) < 4.78 is 5.58. The van der Waals surface area contributed by atoms with Crippen LogP contribution in [0.15, 0.2) is 48.5 Å². The van der Waals surface area contributed by atoms with E-state index in [4.69, 9.17) is 16.3 Å². The molecule has 2 N–H and O–H groups in total. The molecule has 0 bridgehead atoms. The van der Waals surface area contributed by atoms with E-state index in [0.29, 0.717) is 24.8 Å². The van der Waals surface area contributed by atoms with Crippen molar-refractivity contribution >= 4 is 11.6 Å². The van der Waals surface area contributed by atoms with Crippen molar-refractivity contribution in [3.63, 3.8) is 0 Å². The highest BCUT2D eigenvalue weighted by Crippen LogP contribution is 2.17. The first-order valence-electron chi connectivity index (χ1n) is 8.38. The quantitative estimate of drug-likeness (QED) is 0.712. The fraction of sp³-hybridized carbons (Fsp3) is 0.400. The number of halogens is 1. The van der Waals surface area contributed by atoms with E-state index < -0.39 is 6.10 Å². The maximum Gasteiger partial charge on any atom is 0.0898 e. The zero-order chi connectivity index (χ0) is 17.4. The third kappa shape index (κ3) is 6.25. The van der Waals surface area contributed by atoms with Crippen molar-refractivity contribution in [3.8, 4) is 0 Å². The summed E-state index contributed by atoms with van der Waals surface area (Å²) in [6.07, 6.45) is 0.443. The van der Waals surface area contributed by atoms with E-state index in [1.165, 1.54) is 11.1 Å². The van der Waals surface area contributed by atoms with Crippen LogP contribution in [0.25, 0.3) is 0 Å². The average Bonchev–Trinajstić information content (AvgIpc) is 2.58. The summed E-state index contributed by atoms with van der Waals surface area (Å²) in [5.41, 5.74) is 3.55. The molecule has 2 aromatic rings. The third-order valence-electron chi connectivity index (χ3n) is 3.98. The van der Waals surface area contributed by atoms with Gasteiger partial charge in [-0.2, -0.15) is 0 Å². The van der Waals surface area contributed by atoms with Gasteiger partial charge in [-0.05, 0) is 36.6 Å². The van der Waals surface area contributed by atoms with Crippen LogP contribution in [0.3, 0.4) is 0 Å². The fourth-order valence-electron chi connectivity index (χ4n) is 2.53. The highest BCUT2D eigenvalue weighted by Gasteiger charge is 2.11. The van der Waals surface area contributed by atoms with Crippen molar-refractivity contribution in [1.82, 2.24) is 5.32 Å². The minimum absolute atomic E-state index is 0.247. The lowest BCUT2D eigenvalue weighted by molar-refractivity contribution is 0.0275. The van der Waals surface area contributed by atoms with Gasteiger partial charge in [0.2, 0.25) is 0 Å². The minimum atomic E-state index is -0.531. The Labute approximate surface area is 149 Å². The van der Waals surface area contributed by atoms with Crippen LogP contribution in [0, 0.1) is 6.92 Å². The third-order valence-corrected chi connectivity index (χ3v) is 4.23. The first kappa shape index (κ1) is 18.9. The Hall–Kier alpha value is -1.39.